The van der Waals surface area contributed by atoms with Crippen LogP contribution >= 0.6 is 24.8 Å². The average molecular weight is 403 g/mol. The molecule has 2 aliphatic heterocycles. The van der Waals surface area contributed by atoms with Crippen LogP contribution in [0.5, 0.6) is 5.75 Å². The topological polar surface area (TPSA) is 58.7 Å². The first-order valence-electron chi connectivity index (χ1n) is 9.55. The van der Waals surface area contributed by atoms with Crippen LogP contribution in [0.3, 0.4) is 0 Å². The molecule has 0 aromatic heterocycles. The highest BCUT2D eigenvalue weighted by Gasteiger charge is 2.36. The SMILES string of the molecule is Cc1ccc2c(c1O)C[C@@H](C1CCN(CC3CC3)CC1)O[C@H]2CN.Cl.Cl. The van der Waals surface area contributed by atoms with Gasteiger partial charge in [0.05, 0.1) is 12.2 Å². The number of aryl methyl sites for hydroxylation is 1. The van der Waals surface area contributed by atoms with Crippen molar-refractivity contribution in [3.63, 3.8) is 0 Å². The number of nitrogens with two attached hydrogens (primary N) is 1. The van der Waals surface area contributed by atoms with Crippen LogP contribution in [-0.2, 0) is 11.2 Å². The smallest absolute Gasteiger partial charge is 0.122 e. The summed E-state index contributed by atoms with van der Waals surface area (Å²) < 4.78 is 6.37. The fourth-order valence-electron chi connectivity index (χ4n) is 4.45. The van der Waals surface area contributed by atoms with E-state index in [9.17, 15) is 5.11 Å². The number of phenolic OH excluding ortho intramolecular Hbond substituents is 1. The highest BCUT2D eigenvalue weighted by Crippen LogP contribution is 2.40. The Morgan fingerprint density at radius 3 is 2.46 bits per heavy atom. The first kappa shape index (κ1) is 21.8. The summed E-state index contributed by atoms with van der Waals surface area (Å²) in [6, 6.07) is 4.05. The number of ether oxygens (including phenoxy) is 1. The molecular weight excluding hydrogens is 371 g/mol. The van der Waals surface area contributed by atoms with E-state index in [-0.39, 0.29) is 37.0 Å². The van der Waals surface area contributed by atoms with Gasteiger partial charge in [-0.25, -0.2) is 0 Å². The summed E-state index contributed by atoms with van der Waals surface area (Å²) in [6.07, 6.45) is 6.22. The number of phenols is 1. The Bertz CT molecular complexity index is 602. The number of rotatable bonds is 4. The predicted molar refractivity (Wildman–Crippen MR) is 110 cm³/mol. The predicted octanol–water partition coefficient (Wildman–Crippen LogP) is 3.61. The summed E-state index contributed by atoms with van der Waals surface area (Å²) in [5.41, 5.74) is 9.07. The molecule has 0 amide bonds. The minimum absolute atomic E-state index is 0. The van der Waals surface area contributed by atoms with Crippen molar-refractivity contribution in [3.05, 3.63) is 28.8 Å². The van der Waals surface area contributed by atoms with Crippen LogP contribution < -0.4 is 5.73 Å². The molecule has 4 rings (SSSR count). The van der Waals surface area contributed by atoms with Gasteiger partial charge in [0.15, 0.2) is 0 Å². The number of hydrogen-bond donors (Lipinski definition) is 2. The molecule has 2 fully saturated rings. The number of piperidine rings is 1. The van der Waals surface area contributed by atoms with E-state index in [1.165, 1.54) is 45.3 Å². The molecule has 0 unspecified atom stereocenters. The van der Waals surface area contributed by atoms with Crippen LogP contribution in [0.1, 0.15) is 48.5 Å². The van der Waals surface area contributed by atoms with Gasteiger partial charge in [-0.15, -0.1) is 24.8 Å². The van der Waals surface area contributed by atoms with Crippen molar-refractivity contribution in [2.45, 2.75) is 51.2 Å². The van der Waals surface area contributed by atoms with Crippen molar-refractivity contribution in [1.29, 1.82) is 0 Å². The second kappa shape index (κ2) is 9.11. The minimum Gasteiger partial charge on any atom is -0.507 e. The Balaban J connectivity index is 0.00000121. The number of benzene rings is 1. The number of halogens is 2. The van der Waals surface area contributed by atoms with Gasteiger partial charge in [-0.3, -0.25) is 0 Å². The van der Waals surface area contributed by atoms with Gasteiger partial charge in [0.1, 0.15) is 5.75 Å². The van der Waals surface area contributed by atoms with Gasteiger partial charge in [0, 0.05) is 25.1 Å². The molecule has 3 N–H and O–H groups in total. The molecule has 3 aliphatic rings. The molecule has 0 bridgehead atoms. The van der Waals surface area contributed by atoms with Crippen LogP contribution in [0, 0.1) is 18.8 Å². The van der Waals surface area contributed by atoms with Crippen LogP contribution in [0.15, 0.2) is 12.1 Å². The van der Waals surface area contributed by atoms with E-state index in [4.69, 9.17) is 10.5 Å². The van der Waals surface area contributed by atoms with Crippen LogP contribution in [0.25, 0.3) is 0 Å². The second-order valence-electron chi connectivity index (χ2n) is 7.98. The summed E-state index contributed by atoms with van der Waals surface area (Å²) in [7, 11) is 0. The third kappa shape index (κ3) is 4.48. The molecule has 1 aliphatic carbocycles. The number of aromatic hydroxyl groups is 1. The van der Waals surface area contributed by atoms with Crippen molar-refractivity contribution in [2.75, 3.05) is 26.2 Å². The van der Waals surface area contributed by atoms with Gasteiger partial charge in [-0.2, -0.15) is 0 Å². The molecule has 4 nitrogen and oxygen atoms in total. The maximum Gasteiger partial charge on any atom is 0.122 e. The van der Waals surface area contributed by atoms with Crippen LogP contribution in [0.4, 0.5) is 0 Å². The molecule has 2 heterocycles. The van der Waals surface area contributed by atoms with Gasteiger partial charge in [0.25, 0.3) is 0 Å². The van der Waals surface area contributed by atoms with E-state index in [2.05, 4.69) is 11.0 Å². The molecule has 0 radical (unpaired) electrons. The minimum atomic E-state index is -0.0743. The van der Waals surface area contributed by atoms with Crippen LogP contribution in [-0.4, -0.2) is 42.3 Å². The largest absolute Gasteiger partial charge is 0.507 e. The van der Waals surface area contributed by atoms with E-state index < -0.39 is 0 Å². The molecule has 6 heteroatoms. The van der Waals surface area contributed by atoms with Crippen molar-refractivity contribution in [3.8, 4) is 5.75 Å². The Morgan fingerprint density at radius 1 is 1.15 bits per heavy atom. The Hall–Kier alpha value is -0.520. The van der Waals surface area contributed by atoms with Crippen molar-refractivity contribution >= 4 is 24.8 Å². The van der Waals surface area contributed by atoms with Gasteiger partial charge in [-0.05, 0) is 68.7 Å². The molecule has 26 heavy (non-hydrogen) atoms. The zero-order valence-electron chi connectivity index (χ0n) is 15.5. The third-order valence-electron chi connectivity index (χ3n) is 6.20. The first-order chi connectivity index (χ1) is 11.7. The summed E-state index contributed by atoms with van der Waals surface area (Å²) >= 11 is 0. The van der Waals surface area contributed by atoms with E-state index in [0.29, 0.717) is 18.2 Å². The highest BCUT2D eigenvalue weighted by atomic mass is 35.5. The van der Waals surface area contributed by atoms with Gasteiger partial charge in [0.2, 0.25) is 0 Å². The Kier molecular flexibility index (Phi) is 7.63. The lowest BCUT2D eigenvalue weighted by Crippen LogP contribution is -2.42. The summed E-state index contributed by atoms with van der Waals surface area (Å²) in [6.45, 7) is 6.13. The Labute approximate surface area is 169 Å². The molecular formula is C20H32Cl2N2O2. The standard InChI is InChI=1S/C20H30N2O2.2ClH/c1-13-2-5-16-17(20(13)23)10-18(24-19(16)11-21)15-6-8-22(9-7-15)12-14-3-4-14;;/h2,5,14-15,18-19,23H,3-4,6-12,21H2,1H3;2*1H/t18-,19-;;/m0../s1. The van der Waals surface area contributed by atoms with Crippen LogP contribution in [0.2, 0.25) is 0 Å². The zero-order valence-corrected chi connectivity index (χ0v) is 17.2. The maximum absolute atomic E-state index is 10.5. The third-order valence-corrected chi connectivity index (χ3v) is 6.20. The molecule has 1 saturated heterocycles. The van der Waals surface area contributed by atoms with Gasteiger partial charge < -0.3 is 20.5 Å². The summed E-state index contributed by atoms with van der Waals surface area (Å²) in [5, 5.41) is 10.5. The lowest BCUT2D eigenvalue weighted by Gasteiger charge is -2.40. The average Bonchev–Trinajstić information content (AvgIpc) is 3.42. The number of nitrogens with zero attached hydrogens (tertiary/aromatic N) is 1. The molecule has 2 atom stereocenters. The second-order valence-corrected chi connectivity index (χ2v) is 7.98. The number of hydrogen-bond acceptors (Lipinski definition) is 4. The van der Waals surface area contributed by atoms with Gasteiger partial charge >= 0.3 is 0 Å². The monoisotopic (exact) mass is 402 g/mol. The maximum atomic E-state index is 10.5. The quantitative estimate of drug-likeness (QED) is 0.807. The molecule has 1 saturated carbocycles. The van der Waals surface area contributed by atoms with Gasteiger partial charge in [-0.1, -0.05) is 12.1 Å². The molecule has 0 spiro atoms. The molecule has 1 aromatic rings. The van der Waals surface area contributed by atoms with E-state index in [1.54, 1.807) is 0 Å². The van der Waals surface area contributed by atoms with Crippen molar-refractivity contribution < 1.29 is 9.84 Å². The molecule has 148 valence electrons. The van der Waals surface area contributed by atoms with E-state index in [0.717, 1.165) is 29.0 Å². The summed E-state index contributed by atoms with van der Waals surface area (Å²) in [4.78, 5) is 2.63. The fraction of sp³-hybridized carbons (Fsp3) is 0.700. The van der Waals surface area contributed by atoms with Crippen molar-refractivity contribution in [1.82, 2.24) is 4.90 Å². The van der Waals surface area contributed by atoms with E-state index in [1.807, 2.05) is 13.0 Å². The zero-order chi connectivity index (χ0) is 16.7. The highest BCUT2D eigenvalue weighted by molar-refractivity contribution is 5.85. The first-order valence-corrected chi connectivity index (χ1v) is 9.55. The normalized spacial score (nSPS) is 26.5. The molecule has 1 aromatic carbocycles. The van der Waals surface area contributed by atoms with E-state index >= 15 is 0 Å². The lowest BCUT2D eigenvalue weighted by molar-refractivity contribution is -0.0648. The summed E-state index contributed by atoms with van der Waals surface area (Å²) in [5.74, 6) is 2.01. The number of fused-ring (bicyclic) bond motifs is 1. The Morgan fingerprint density at radius 2 is 1.85 bits per heavy atom. The fourth-order valence-corrected chi connectivity index (χ4v) is 4.45. The van der Waals surface area contributed by atoms with Crippen molar-refractivity contribution in [2.24, 2.45) is 17.6 Å². The lowest BCUT2D eigenvalue weighted by atomic mass is 9.83. The number of likely N-dealkylation sites (tertiary alicyclic amines) is 1.